The first-order valence-electron chi connectivity index (χ1n) is 4.03. The first-order chi connectivity index (χ1) is 6.65. The van der Waals surface area contributed by atoms with Crippen LogP contribution in [0.3, 0.4) is 0 Å². The van der Waals surface area contributed by atoms with Crippen molar-refractivity contribution in [2.24, 2.45) is 0 Å². The maximum absolute atomic E-state index is 11.2. The third-order valence-electron chi connectivity index (χ3n) is 1.57. The molecule has 0 saturated heterocycles. The van der Waals surface area contributed by atoms with Gasteiger partial charge in [0.15, 0.2) is 11.1 Å². The summed E-state index contributed by atoms with van der Waals surface area (Å²) in [5.41, 5.74) is 0.376. The number of rotatable bonds is 3. The molecule has 0 aliphatic carbocycles. The molecule has 6 heteroatoms. The van der Waals surface area contributed by atoms with Gasteiger partial charge in [-0.15, -0.1) is 0 Å². The van der Waals surface area contributed by atoms with Gasteiger partial charge >= 0.3 is 24.8 Å². The number of ether oxygens (including phenoxy) is 1. The molecule has 0 saturated carbocycles. The molecular formula is C9H11LiO4S. The predicted molar refractivity (Wildman–Crippen MR) is 52.5 cm³/mol. The van der Waals surface area contributed by atoms with E-state index in [0.29, 0.717) is 12.2 Å². The molecular weight excluding hydrogens is 211 g/mol. The van der Waals surface area contributed by atoms with Crippen LogP contribution >= 0.6 is 0 Å². The Kier molecular flexibility index (Phi) is 6.53. The van der Waals surface area contributed by atoms with Crippen LogP contribution in [0.25, 0.3) is 0 Å². The fourth-order valence-corrected chi connectivity index (χ4v) is 1.29. The summed E-state index contributed by atoms with van der Waals surface area (Å²) in [6, 6.07) is 5.76. The Morgan fingerprint density at radius 1 is 1.47 bits per heavy atom. The van der Waals surface area contributed by atoms with E-state index in [1.54, 1.807) is 6.92 Å². The summed E-state index contributed by atoms with van der Waals surface area (Å²) in [7, 11) is 0. The van der Waals surface area contributed by atoms with Crippen molar-refractivity contribution in [1.29, 1.82) is 0 Å². The first-order valence-corrected chi connectivity index (χ1v) is 5.14. The molecule has 0 aliphatic heterocycles. The number of benzene rings is 1. The van der Waals surface area contributed by atoms with Crippen molar-refractivity contribution < 1.29 is 38.6 Å². The van der Waals surface area contributed by atoms with Crippen molar-refractivity contribution in [3.8, 4) is 0 Å². The Balaban J connectivity index is 0. The largest absolute Gasteiger partial charge is 1.00 e. The van der Waals surface area contributed by atoms with Crippen molar-refractivity contribution in [2.75, 3.05) is 6.61 Å². The average molecular weight is 222 g/mol. The molecule has 0 spiro atoms. The Labute approximate surface area is 104 Å². The second-order valence-electron chi connectivity index (χ2n) is 2.49. The van der Waals surface area contributed by atoms with Crippen LogP contribution in [0.5, 0.6) is 0 Å². The monoisotopic (exact) mass is 222 g/mol. The van der Waals surface area contributed by atoms with Gasteiger partial charge in [-0.3, -0.25) is 0 Å². The van der Waals surface area contributed by atoms with Gasteiger partial charge in [-0.2, -0.15) is 0 Å². The van der Waals surface area contributed by atoms with Crippen molar-refractivity contribution in [3.63, 3.8) is 0 Å². The number of hydrogen-bond donors (Lipinski definition) is 1. The van der Waals surface area contributed by atoms with E-state index in [1.807, 2.05) is 0 Å². The molecule has 1 aromatic rings. The molecule has 1 rings (SSSR count). The maximum Gasteiger partial charge on any atom is 1.00 e. The molecule has 15 heavy (non-hydrogen) atoms. The van der Waals surface area contributed by atoms with E-state index in [0.717, 1.165) is 0 Å². The quantitative estimate of drug-likeness (QED) is 0.386. The molecule has 4 nitrogen and oxygen atoms in total. The third kappa shape index (κ3) is 4.18. The predicted octanol–water partition coefficient (Wildman–Crippen LogP) is -1.44. The van der Waals surface area contributed by atoms with Crippen molar-refractivity contribution in [3.05, 3.63) is 29.8 Å². The van der Waals surface area contributed by atoms with Crippen LogP contribution in [-0.2, 0) is 15.8 Å². The van der Waals surface area contributed by atoms with Gasteiger partial charge in [0.05, 0.1) is 17.1 Å². The molecule has 1 unspecified atom stereocenters. The summed E-state index contributed by atoms with van der Waals surface area (Å²) in [4.78, 5) is 11.4. The molecule has 0 fully saturated rings. The zero-order chi connectivity index (χ0) is 10.6. The summed E-state index contributed by atoms with van der Waals surface area (Å²) < 4.78 is 24.1. The van der Waals surface area contributed by atoms with E-state index in [1.165, 1.54) is 24.3 Å². The smallest absolute Gasteiger partial charge is 1.00 e. The summed E-state index contributed by atoms with van der Waals surface area (Å²) in [6.07, 6.45) is 0. The first kappa shape index (κ1) is 14.4. The molecule has 1 atom stereocenters. The van der Waals surface area contributed by atoms with Gasteiger partial charge in [-0.05, 0) is 31.2 Å². The average Bonchev–Trinajstić information content (AvgIpc) is 2.18. The van der Waals surface area contributed by atoms with E-state index in [4.69, 9.17) is 9.29 Å². The molecule has 1 aromatic carbocycles. The van der Waals surface area contributed by atoms with Crippen LogP contribution < -0.4 is 18.9 Å². The Morgan fingerprint density at radius 2 is 2.00 bits per heavy atom. The van der Waals surface area contributed by atoms with E-state index in [2.05, 4.69) is 0 Å². The zero-order valence-electron chi connectivity index (χ0n) is 9.60. The third-order valence-corrected chi connectivity index (χ3v) is 2.24. The molecule has 1 N–H and O–H groups in total. The van der Waals surface area contributed by atoms with Crippen LogP contribution in [0, 0.1) is 0 Å². The minimum Gasteiger partial charge on any atom is -1.00 e. The second-order valence-corrected chi connectivity index (χ2v) is 3.46. The number of hydrogen-bond acceptors (Lipinski definition) is 3. The fraction of sp³-hybridized carbons (Fsp3) is 0.222. The van der Waals surface area contributed by atoms with Crippen molar-refractivity contribution in [1.82, 2.24) is 0 Å². The van der Waals surface area contributed by atoms with Crippen molar-refractivity contribution >= 4 is 17.0 Å². The van der Waals surface area contributed by atoms with Crippen LogP contribution in [0.1, 0.15) is 18.7 Å². The Morgan fingerprint density at radius 3 is 2.40 bits per heavy atom. The van der Waals surface area contributed by atoms with Crippen LogP contribution in [0.2, 0.25) is 0 Å². The van der Waals surface area contributed by atoms with Crippen LogP contribution in [-0.4, -0.2) is 21.3 Å². The van der Waals surface area contributed by atoms with E-state index >= 15 is 0 Å². The molecule has 0 aliphatic rings. The molecule has 0 radical (unpaired) electrons. The van der Waals surface area contributed by atoms with E-state index < -0.39 is 17.0 Å². The van der Waals surface area contributed by atoms with Gasteiger partial charge in [0, 0.05) is 0 Å². The van der Waals surface area contributed by atoms with Gasteiger partial charge < -0.3 is 10.7 Å². The Hall–Kier alpha value is -0.603. The summed E-state index contributed by atoms with van der Waals surface area (Å²) in [6.45, 7) is 2.03. The summed E-state index contributed by atoms with van der Waals surface area (Å²) >= 11 is -2.01. The molecule has 0 bridgehead atoms. The van der Waals surface area contributed by atoms with E-state index in [-0.39, 0.29) is 25.2 Å². The molecule has 0 amide bonds. The van der Waals surface area contributed by atoms with Gasteiger partial charge in [0.1, 0.15) is 0 Å². The van der Waals surface area contributed by atoms with Gasteiger partial charge in [0.2, 0.25) is 0 Å². The van der Waals surface area contributed by atoms with Gasteiger partial charge in [-0.25, -0.2) is 9.00 Å². The summed E-state index contributed by atoms with van der Waals surface area (Å²) in [5, 5.41) is 0. The van der Waals surface area contributed by atoms with Crippen LogP contribution in [0.15, 0.2) is 29.2 Å². The topological polar surface area (TPSA) is 63.6 Å². The normalized spacial score (nSPS) is 11.3. The summed E-state index contributed by atoms with van der Waals surface area (Å²) in [5.74, 6) is -0.428. The standard InChI is InChI=1S/C9H10O4S.Li.H/c1-2-13-9(10)7-3-5-8(6-4-7)14(11)12;;/h3-6H,2H2,1H3,(H,11,12);;/q;+1;-1. The minimum absolute atomic E-state index is 0. The van der Waals surface area contributed by atoms with Crippen LogP contribution in [0.4, 0.5) is 0 Å². The Bertz CT molecular complexity index is 355. The molecule has 78 valence electrons. The van der Waals surface area contributed by atoms with Crippen molar-refractivity contribution in [2.45, 2.75) is 11.8 Å². The van der Waals surface area contributed by atoms with Gasteiger partial charge in [0.25, 0.3) is 0 Å². The zero-order valence-corrected chi connectivity index (χ0v) is 9.41. The SMILES string of the molecule is CCOC(=O)c1ccc(S(=O)O)cc1.[H-].[Li+]. The number of carbonyl (C=O) groups excluding carboxylic acids is 1. The number of esters is 1. The van der Waals surface area contributed by atoms with Gasteiger partial charge in [-0.1, -0.05) is 0 Å². The molecule has 0 heterocycles. The molecule has 0 aromatic heterocycles. The fourth-order valence-electron chi connectivity index (χ4n) is 0.922. The maximum atomic E-state index is 11.2. The number of carbonyl (C=O) groups is 1. The minimum atomic E-state index is -2.01. The van der Waals surface area contributed by atoms with E-state index in [9.17, 15) is 9.00 Å². The second kappa shape index (κ2) is 6.80.